The largest absolute Gasteiger partial charge is 0.480 e. The summed E-state index contributed by atoms with van der Waals surface area (Å²) in [7, 11) is 0. The Balaban J connectivity index is 1.99. The Hall–Kier alpha value is -0.790. The van der Waals surface area contributed by atoms with Gasteiger partial charge >= 0.3 is 5.97 Å². The maximum atomic E-state index is 12.0. The van der Waals surface area contributed by atoms with Crippen LogP contribution in [0.25, 0.3) is 0 Å². The van der Waals surface area contributed by atoms with Crippen LogP contribution >= 0.6 is 11.8 Å². The number of nitrogens with zero attached hydrogens (tertiary/aromatic N) is 1. The molecule has 0 aromatic heterocycles. The zero-order valence-electron chi connectivity index (χ0n) is 8.63. The maximum absolute atomic E-state index is 12.0. The van der Waals surface area contributed by atoms with E-state index in [1.165, 1.54) is 16.7 Å². The van der Waals surface area contributed by atoms with Crippen LogP contribution < -0.4 is 0 Å². The molecule has 0 bridgehead atoms. The number of rotatable bonds is 2. The topological polar surface area (TPSA) is 76.1 Å². The Bertz CT molecular complexity index is 292. The summed E-state index contributed by atoms with van der Waals surface area (Å²) in [6, 6.07) is -0.733. The lowest BCUT2D eigenvalue weighted by Crippen LogP contribution is -2.49. The van der Waals surface area contributed by atoms with Crippen molar-refractivity contribution in [1.82, 2.24) is 4.90 Å². The predicted octanol–water partition coefficient (Wildman–Crippen LogP) is -0.612. The monoisotopic (exact) mass is 247 g/mol. The number of hydrogen-bond donors (Lipinski definition) is 1. The van der Waals surface area contributed by atoms with E-state index >= 15 is 0 Å². The molecule has 0 saturated carbocycles. The summed E-state index contributed by atoms with van der Waals surface area (Å²) in [6.45, 7) is 1.09. The Morgan fingerprint density at radius 1 is 1.38 bits per heavy atom. The number of carboxylic acid groups (broad SMARTS) is 1. The van der Waals surface area contributed by atoms with Gasteiger partial charge in [-0.1, -0.05) is 0 Å². The van der Waals surface area contributed by atoms with Crippen LogP contribution in [-0.4, -0.2) is 65.5 Å². The third-order valence-electron chi connectivity index (χ3n) is 2.54. The fraction of sp³-hybridized carbons (Fsp3) is 0.778. The molecule has 2 heterocycles. The lowest BCUT2D eigenvalue weighted by molar-refractivity contribution is -0.163. The maximum Gasteiger partial charge on any atom is 0.327 e. The number of aliphatic carboxylic acids is 1. The third-order valence-corrected chi connectivity index (χ3v) is 3.55. The van der Waals surface area contributed by atoms with Gasteiger partial charge in [0.1, 0.15) is 6.04 Å². The van der Waals surface area contributed by atoms with E-state index in [9.17, 15) is 9.59 Å². The van der Waals surface area contributed by atoms with Gasteiger partial charge in [-0.05, 0) is 0 Å². The summed E-state index contributed by atoms with van der Waals surface area (Å²) < 4.78 is 10.4. The third kappa shape index (κ3) is 2.31. The van der Waals surface area contributed by atoms with Crippen LogP contribution in [0.4, 0.5) is 0 Å². The van der Waals surface area contributed by atoms with Crippen molar-refractivity contribution in [3.05, 3.63) is 0 Å². The van der Waals surface area contributed by atoms with Crippen molar-refractivity contribution in [2.45, 2.75) is 12.1 Å². The van der Waals surface area contributed by atoms with Crippen LogP contribution in [0.15, 0.2) is 0 Å². The van der Waals surface area contributed by atoms with Crippen molar-refractivity contribution in [2.75, 3.05) is 31.5 Å². The fourth-order valence-corrected chi connectivity index (χ4v) is 2.83. The molecule has 0 aliphatic carbocycles. The fourth-order valence-electron chi connectivity index (χ4n) is 1.68. The van der Waals surface area contributed by atoms with Gasteiger partial charge < -0.3 is 19.5 Å². The van der Waals surface area contributed by atoms with Crippen LogP contribution in [0.1, 0.15) is 0 Å². The average Bonchev–Trinajstić information content (AvgIpc) is 2.78. The SMILES string of the molecule is O=C(O)[C@@H]1CSCN1C(=O)C1COCCO1. The number of carbonyl (C=O) groups excluding carboxylic acids is 1. The molecule has 0 radical (unpaired) electrons. The molecule has 1 N–H and O–H groups in total. The van der Waals surface area contributed by atoms with E-state index in [4.69, 9.17) is 14.6 Å². The second kappa shape index (κ2) is 5.03. The summed E-state index contributed by atoms with van der Waals surface area (Å²) in [4.78, 5) is 24.2. The Labute approximate surface area is 96.9 Å². The highest BCUT2D eigenvalue weighted by molar-refractivity contribution is 7.99. The summed E-state index contributed by atoms with van der Waals surface area (Å²) in [5.41, 5.74) is 0. The van der Waals surface area contributed by atoms with E-state index in [0.29, 0.717) is 24.8 Å². The Morgan fingerprint density at radius 3 is 2.81 bits per heavy atom. The molecule has 2 aliphatic heterocycles. The molecule has 0 aromatic rings. The van der Waals surface area contributed by atoms with Gasteiger partial charge in [-0.15, -0.1) is 11.8 Å². The second-order valence-corrected chi connectivity index (χ2v) is 4.60. The molecule has 16 heavy (non-hydrogen) atoms. The molecular weight excluding hydrogens is 234 g/mol. The molecule has 1 amide bonds. The van der Waals surface area contributed by atoms with Crippen molar-refractivity contribution >= 4 is 23.6 Å². The van der Waals surface area contributed by atoms with Gasteiger partial charge in [0.15, 0.2) is 6.10 Å². The number of thioether (sulfide) groups is 1. The first-order chi connectivity index (χ1) is 7.70. The number of carbonyl (C=O) groups is 2. The summed E-state index contributed by atoms with van der Waals surface area (Å²) in [6.07, 6.45) is -0.644. The predicted molar refractivity (Wildman–Crippen MR) is 56.2 cm³/mol. The highest BCUT2D eigenvalue weighted by Crippen LogP contribution is 2.22. The van der Waals surface area contributed by atoms with Crippen LogP contribution in [0, 0.1) is 0 Å². The van der Waals surface area contributed by atoms with E-state index in [-0.39, 0.29) is 12.5 Å². The molecule has 0 aromatic carbocycles. The van der Waals surface area contributed by atoms with Gasteiger partial charge in [0, 0.05) is 5.75 Å². The van der Waals surface area contributed by atoms with Gasteiger partial charge in [0.25, 0.3) is 5.91 Å². The van der Waals surface area contributed by atoms with Crippen molar-refractivity contribution in [3.8, 4) is 0 Å². The molecule has 6 nitrogen and oxygen atoms in total. The van der Waals surface area contributed by atoms with Gasteiger partial charge in [0.05, 0.1) is 25.7 Å². The molecule has 2 saturated heterocycles. The number of carboxylic acids is 1. The zero-order valence-corrected chi connectivity index (χ0v) is 9.44. The first-order valence-corrected chi connectivity index (χ1v) is 6.16. The van der Waals surface area contributed by atoms with Gasteiger partial charge in [-0.2, -0.15) is 0 Å². The van der Waals surface area contributed by atoms with Crippen LogP contribution in [-0.2, 0) is 19.1 Å². The Morgan fingerprint density at radius 2 is 2.19 bits per heavy atom. The molecule has 0 spiro atoms. The number of hydrogen-bond acceptors (Lipinski definition) is 5. The quantitative estimate of drug-likeness (QED) is 0.701. The minimum absolute atomic E-state index is 0.215. The van der Waals surface area contributed by atoms with E-state index in [2.05, 4.69) is 0 Å². The van der Waals surface area contributed by atoms with E-state index in [1.54, 1.807) is 0 Å². The first-order valence-electron chi connectivity index (χ1n) is 5.00. The molecule has 90 valence electrons. The van der Waals surface area contributed by atoms with Crippen molar-refractivity contribution in [3.63, 3.8) is 0 Å². The lowest BCUT2D eigenvalue weighted by atomic mass is 10.2. The van der Waals surface area contributed by atoms with Crippen LogP contribution in [0.3, 0.4) is 0 Å². The van der Waals surface area contributed by atoms with Crippen LogP contribution in [0.5, 0.6) is 0 Å². The van der Waals surface area contributed by atoms with Crippen LogP contribution in [0.2, 0.25) is 0 Å². The first kappa shape index (κ1) is 11.7. The van der Waals surface area contributed by atoms with Crippen molar-refractivity contribution in [2.24, 2.45) is 0 Å². The Kier molecular flexibility index (Phi) is 3.67. The smallest absolute Gasteiger partial charge is 0.327 e. The molecule has 2 atom stereocenters. The molecule has 2 fully saturated rings. The number of ether oxygens (including phenoxy) is 2. The molecule has 7 heteroatoms. The lowest BCUT2D eigenvalue weighted by Gasteiger charge is -2.28. The van der Waals surface area contributed by atoms with Gasteiger partial charge in [0.2, 0.25) is 0 Å². The average molecular weight is 247 g/mol. The van der Waals surface area contributed by atoms with Gasteiger partial charge in [-0.3, -0.25) is 4.79 Å². The highest BCUT2D eigenvalue weighted by atomic mass is 32.2. The highest BCUT2D eigenvalue weighted by Gasteiger charge is 2.38. The standard InChI is InChI=1S/C9H13NO5S/c11-8(7-3-14-1-2-15-7)10-5-16-4-6(10)9(12)13/h6-7H,1-5H2,(H,12,13)/t6-,7?/m0/s1. The summed E-state index contributed by atoms with van der Waals surface area (Å²) >= 11 is 1.44. The molecular formula is C9H13NO5S. The van der Waals surface area contributed by atoms with E-state index in [1.807, 2.05) is 0 Å². The molecule has 2 aliphatic rings. The summed E-state index contributed by atoms with van der Waals surface area (Å²) in [5, 5.41) is 8.95. The summed E-state index contributed by atoms with van der Waals surface area (Å²) in [5.74, 6) is -0.392. The van der Waals surface area contributed by atoms with Crippen molar-refractivity contribution in [1.29, 1.82) is 0 Å². The van der Waals surface area contributed by atoms with Gasteiger partial charge in [-0.25, -0.2) is 4.79 Å². The minimum atomic E-state index is -0.963. The number of amides is 1. The molecule has 2 rings (SSSR count). The second-order valence-electron chi connectivity index (χ2n) is 3.60. The van der Waals surface area contributed by atoms with Crippen molar-refractivity contribution < 1.29 is 24.2 Å². The normalized spacial score (nSPS) is 30.4. The zero-order chi connectivity index (χ0) is 11.5. The minimum Gasteiger partial charge on any atom is -0.480 e. The van der Waals surface area contributed by atoms with E-state index < -0.39 is 18.1 Å². The van der Waals surface area contributed by atoms with E-state index in [0.717, 1.165) is 0 Å². The molecule has 1 unspecified atom stereocenters.